The van der Waals surface area contributed by atoms with Crippen LogP contribution in [0.25, 0.3) is 11.0 Å². The number of fused-ring (bicyclic) bond motifs is 1. The van der Waals surface area contributed by atoms with E-state index < -0.39 is 22.1 Å². The molecular formula is C18H18N4O7. The maximum atomic E-state index is 12.7. The summed E-state index contributed by atoms with van der Waals surface area (Å²) in [6.45, 7) is 0.0493. The molecule has 0 saturated heterocycles. The van der Waals surface area contributed by atoms with E-state index in [1.54, 1.807) is 16.7 Å². The number of aromatic nitrogens is 3. The Morgan fingerprint density at radius 3 is 2.48 bits per heavy atom. The second-order valence-electron chi connectivity index (χ2n) is 6.21. The lowest BCUT2D eigenvalue weighted by Gasteiger charge is -2.07. The number of nitro benzene ring substituents is 1. The van der Waals surface area contributed by atoms with Crippen molar-refractivity contribution in [3.05, 3.63) is 72.5 Å². The molecular weight excluding hydrogens is 384 g/mol. The van der Waals surface area contributed by atoms with Gasteiger partial charge in [0.1, 0.15) is 12.4 Å². The normalized spacial score (nSPS) is 11.0. The molecule has 1 N–H and O–H groups in total. The molecule has 3 rings (SSSR count). The molecule has 11 heteroatoms. The van der Waals surface area contributed by atoms with E-state index in [1.165, 1.54) is 32.5 Å². The summed E-state index contributed by atoms with van der Waals surface area (Å²) in [5.41, 5.74) is -0.328. The summed E-state index contributed by atoms with van der Waals surface area (Å²) in [5, 5.41) is 10.8. The minimum atomic E-state index is -0.711. The number of aromatic amines is 1. The molecule has 2 heterocycles. The predicted molar refractivity (Wildman–Crippen MR) is 102 cm³/mol. The third kappa shape index (κ3) is 3.80. The number of aryl methyl sites for hydroxylation is 2. The van der Waals surface area contributed by atoms with Crippen molar-refractivity contribution in [3.63, 3.8) is 0 Å². The van der Waals surface area contributed by atoms with Gasteiger partial charge in [-0.2, -0.15) is 0 Å². The monoisotopic (exact) mass is 402 g/mol. The van der Waals surface area contributed by atoms with Crippen molar-refractivity contribution in [3.8, 4) is 0 Å². The first kappa shape index (κ1) is 20.0. The summed E-state index contributed by atoms with van der Waals surface area (Å²) in [4.78, 5) is 50.0. The second kappa shape index (κ2) is 8.10. The van der Waals surface area contributed by atoms with Crippen LogP contribution in [0.15, 0.2) is 40.1 Å². The fourth-order valence-electron chi connectivity index (χ4n) is 3.02. The number of H-pyrrole nitrogens is 1. The van der Waals surface area contributed by atoms with E-state index in [-0.39, 0.29) is 29.0 Å². The van der Waals surface area contributed by atoms with E-state index in [9.17, 15) is 24.5 Å². The Balaban J connectivity index is 2.03. The molecule has 0 amide bonds. The predicted octanol–water partition coefficient (Wildman–Crippen LogP) is 1.03. The van der Waals surface area contributed by atoms with Gasteiger partial charge in [-0.3, -0.25) is 19.9 Å². The average Bonchev–Trinajstić information content (AvgIpc) is 3.07. The van der Waals surface area contributed by atoms with Gasteiger partial charge < -0.3 is 14.0 Å². The van der Waals surface area contributed by atoms with Crippen LogP contribution in [0, 0.1) is 10.1 Å². The van der Waals surface area contributed by atoms with Crippen molar-refractivity contribution in [1.29, 1.82) is 0 Å². The minimum absolute atomic E-state index is 0.0174. The quantitative estimate of drug-likeness (QED) is 0.354. The Morgan fingerprint density at radius 2 is 1.90 bits per heavy atom. The Morgan fingerprint density at radius 1 is 1.21 bits per heavy atom. The van der Waals surface area contributed by atoms with Crippen molar-refractivity contribution < 1.29 is 19.2 Å². The van der Waals surface area contributed by atoms with Gasteiger partial charge in [0.15, 0.2) is 0 Å². The molecule has 0 spiro atoms. The van der Waals surface area contributed by atoms with Crippen molar-refractivity contribution in [2.24, 2.45) is 0 Å². The summed E-state index contributed by atoms with van der Waals surface area (Å²) >= 11 is 0. The van der Waals surface area contributed by atoms with E-state index >= 15 is 0 Å². The number of benzene rings is 1. The highest BCUT2D eigenvalue weighted by atomic mass is 16.6. The molecule has 0 aliphatic carbocycles. The lowest BCUT2D eigenvalue weighted by molar-refractivity contribution is -0.384. The van der Waals surface area contributed by atoms with Crippen molar-refractivity contribution >= 4 is 22.7 Å². The standard InChI is InChI=1S/C18H18N4O7/c1-28-10-21-16(23)14-13(17(24)29-2)9-20(15(14)19-18(21)25)8-7-11-3-5-12(6-4-11)22(26)27/h3-6,9H,7-8,10H2,1-2H3,(H,19,25). The van der Waals surface area contributed by atoms with E-state index in [2.05, 4.69) is 4.98 Å². The maximum Gasteiger partial charge on any atom is 0.340 e. The molecule has 0 atom stereocenters. The Kier molecular flexibility index (Phi) is 5.59. The summed E-state index contributed by atoms with van der Waals surface area (Å²) in [7, 11) is 2.54. The molecule has 0 aliphatic heterocycles. The maximum absolute atomic E-state index is 12.7. The van der Waals surface area contributed by atoms with Crippen LogP contribution in [0.1, 0.15) is 15.9 Å². The molecule has 1 aromatic carbocycles. The van der Waals surface area contributed by atoms with E-state index in [4.69, 9.17) is 9.47 Å². The molecule has 2 aromatic heterocycles. The molecule has 0 radical (unpaired) electrons. The van der Waals surface area contributed by atoms with Crippen LogP contribution in [0.5, 0.6) is 0 Å². The van der Waals surface area contributed by atoms with Crippen LogP contribution in [0.4, 0.5) is 5.69 Å². The van der Waals surface area contributed by atoms with Gasteiger partial charge in [0.25, 0.3) is 11.2 Å². The minimum Gasteiger partial charge on any atom is -0.465 e. The Bertz CT molecular complexity index is 1190. The van der Waals surface area contributed by atoms with Gasteiger partial charge in [0.05, 0.1) is 23.0 Å². The fourth-order valence-corrected chi connectivity index (χ4v) is 3.02. The number of hydrogen-bond acceptors (Lipinski definition) is 7. The molecule has 3 aromatic rings. The first-order valence-corrected chi connectivity index (χ1v) is 8.54. The zero-order valence-electron chi connectivity index (χ0n) is 15.7. The van der Waals surface area contributed by atoms with Gasteiger partial charge in [-0.15, -0.1) is 0 Å². The van der Waals surface area contributed by atoms with Crippen LogP contribution in [0.2, 0.25) is 0 Å². The lowest BCUT2D eigenvalue weighted by Crippen LogP contribution is -2.36. The SMILES string of the molecule is COCn1c(=O)[nH]c2c(c(C(=O)OC)cn2CCc2ccc([N+](=O)[O-])cc2)c1=O. The fraction of sp³-hybridized carbons (Fsp3) is 0.278. The number of nitro groups is 1. The molecule has 11 nitrogen and oxygen atoms in total. The molecule has 29 heavy (non-hydrogen) atoms. The van der Waals surface area contributed by atoms with Gasteiger partial charge in [-0.1, -0.05) is 12.1 Å². The number of nitrogens with zero attached hydrogens (tertiary/aromatic N) is 3. The number of ether oxygens (including phenoxy) is 2. The molecule has 0 aliphatic rings. The van der Waals surface area contributed by atoms with E-state index in [0.29, 0.717) is 13.0 Å². The summed E-state index contributed by atoms with van der Waals surface area (Å²) in [6.07, 6.45) is 1.89. The number of nitrogens with one attached hydrogen (secondary N) is 1. The third-order valence-electron chi connectivity index (χ3n) is 4.46. The highest BCUT2D eigenvalue weighted by molar-refractivity contribution is 6.02. The smallest absolute Gasteiger partial charge is 0.340 e. The van der Waals surface area contributed by atoms with Crippen LogP contribution in [0.3, 0.4) is 0 Å². The van der Waals surface area contributed by atoms with Gasteiger partial charge in [0.2, 0.25) is 0 Å². The number of non-ortho nitro benzene ring substituents is 1. The van der Waals surface area contributed by atoms with Crippen molar-refractivity contribution in [2.75, 3.05) is 14.2 Å². The number of carbonyl (C=O) groups excluding carboxylic acids is 1. The zero-order chi connectivity index (χ0) is 21.1. The number of hydrogen-bond donors (Lipinski definition) is 1. The third-order valence-corrected chi connectivity index (χ3v) is 4.46. The van der Waals surface area contributed by atoms with Crippen LogP contribution < -0.4 is 11.2 Å². The first-order valence-electron chi connectivity index (χ1n) is 8.54. The van der Waals surface area contributed by atoms with Gasteiger partial charge in [0, 0.05) is 32.0 Å². The molecule has 0 unspecified atom stereocenters. The van der Waals surface area contributed by atoms with E-state index in [0.717, 1.165) is 10.1 Å². The van der Waals surface area contributed by atoms with Crippen molar-refractivity contribution in [1.82, 2.24) is 14.1 Å². The molecule has 0 bridgehead atoms. The average molecular weight is 402 g/mol. The highest BCUT2D eigenvalue weighted by Gasteiger charge is 2.21. The summed E-state index contributed by atoms with van der Waals surface area (Å²) in [6, 6.07) is 6.04. The van der Waals surface area contributed by atoms with Gasteiger partial charge in [-0.25, -0.2) is 14.2 Å². The number of carbonyl (C=O) groups is 1. The van der Waals surface area contributed by atoms with Gasteiger partial charge >= 0.3 is 11.7 Å². The molecule has 152 valence electrons. The largest absolute Gasteiger partial charge is 0.465 e. The second-order valence-corrected chi connectivity index (χ2v) is 6.21. The topological polar surface area (TPSA) is 138 Å². The number of methoxy groups -OCH3 is 2. The van der Waals surface area contributed by atoms with Crippen LogP contribution in [-0.2, 0) is 29.2 Å². The Hall–Kier alpha value is -3.73. The van der Waals surface area contributed by atoms with E-state index in [1.807, 2.05) is 0 Å². The molecule has 0 fully saturated rings. The number of esters is 1. The molecule has 0 saturated carbocycles. The first-order chi connectivity index (χ1) is 13.9. The lowest BCUT2D eigenvalue weighted by atomic mass is 10.1. The van der Waals surface area contributed by atoms with Crippen LogP contribution >= 0.6 is 0 Å². The number of rotatable bonds is 7. The summed E-state index contributed by atoms with van der Waals surface area (Å²) in [5.74, 6) is -0.711. The van der Waals surface area contributed by atoms with Crippen molar-refractivity contribution in [2.45, 2.75) is 19.7 Å². The Labute approximate surface area is 163 Å². The summed E-state index contributed by atoms with van der Waals surface area (Å²) < 4.78 is 12.0. The van der Waals surface area contributed by atoms with Gasteiger partial charge in [-0.05, 0) is 12.0 Å². The highest BCUT2D eigenvalue weighted by Crippen LogP contribution is 2.18. The zero-order valence-corrected chi connectivity index (χ0v) is 15.7. The van der Waals surface area contributed by atoms with Crippen LogP contribution in [-0.4, -0.2) is 39.2 Å².